The Balaban J connectivity index is 0.000000226. The van der Waals surface area contributed by atoms with E-state index < -0.39 is 39.2 Å². The molecule has 0 bridgehead atoms. The Kier molecular flexibility index (Phi) is 8.87. The van der Waals surface area contributed by atoms with Crippen LogP contribution >= 0.6 is 0 Å². The molecule has 6 heteroatoms. The summed E-state index contributed by atoms with van der Waals surface area (Å²) < 4.78 is 85.3. The zero-order chi connectivity index (χ0) is 42.4. The second-order valence-corrected chi connectivity index (χ2v) is 25.2. The van der Waals surface area contributed by atoms with E-state index in [1.54, 1.807) is 36.4 Å². The molecule has 263 valence electrons. The van der Waals surface area contributed by atoms with E-state index in [9.17, 15) is 4.39 Å². The number of para-hydroxylation sites is 1. The maximum atomic E-state index is 14.6. The minimum Gasteiger partial charge on any atom is -0.500 e. The number of aryl methyl sites for hydroxylation is 2. The van der Waals surface area contributed by atoms with Gasteiger partial charge in [-0.1, -0.05) is 60.0 Å². The Labute approximate surface area is 329 Å². The van der Waals surface area contributed by atoms with Gasteiger partial charge in [0, 0.05) is 38.5 Å². The first-order valence-electron chi connectivity index (χ1n) is 20.5. The number of benzene rings is 4. The second kappa shape index (κ2) is 15.8. The van der Waals surface area contributed by atoms with Crippen molar-refractivity contribution in [1.29, 1.82) is 0 Å². The van der Waals surface area contributed by atoms with Crippen LogP contribution in [0, 0.1) is 37.1 Å². The first-order valence-corrected chi connectivity index (χ1v) is 23.9. The maximum absolute atomic E-state index is 14.6. The monoisotopic (exact) mass is 923 g/mol. The fourth-order valence-corrected chi connectivity index (χ4v) is 9.20. The molecule has 7 rings (SSSR count). The van der Waals surface area contributed by atoms with Crippen molar-refractivity contribution in [3.63, 3.8) is 0 Å². The van der Waals surface area contributed by atoms with Crippen molar-refractivity contribution in [3.8, 4) is 22.5 Å². The predicted octanol–water partition coefficient (Wildman–Crippen LogP) is 11.5. The van der Waals surface area contributed by atoms with Crippen molar-refractivity contribution in [2.24, 2.45) is 5.41 Å². The molecule has 3 heterocycles. The molecule has 0 saturated carbocycles. The van der Waals surface area contributed by atoms with Crippen LogP contribution in [0.2, 0.25) is 17.3 Å². The standard InChI is InChI=1S/C25H18NO.C20H27FGeN.Ir/c1-17-16-26-23(15-20(17)13-18-7-3-2-4-8-18)19-11-12-25-22(14-19)21-9-5-6-10-24(21)27-25;1-14-8-9-16(17(21)10-14)19-11-15(12-20(2,3)4)18(13-23-19)22(5,6)7;/h2-10,12,14-16H,13H2,1H3;8,10-11,13H,12H2,1-7H3;/q2*-1;/i1D3,13D2;1D3;. The topological polar surface area (TPSA) is 38.9 Å². The summed E-state index contributed by atoms with van der Waals surface area (Å²) in [5.74, 6) is 6.36. The van der Waals surface area contributed by atoms with E-state index >= 15 is 0 Å². The fraction of sp³-hybridized carbons (Fsp3) is 0.244. The van der Waals surface area contributed by atoms with Gasteiger partial charge < -0.3 is 9.40 Å². The molecule has 0 spiro atoms. The normalized spacial score (nSPS) is 14.7. The van der Waals surface area contributed by atoms with Gasteiger partial charge in [-0.25, -0.2) is 0 Å². The number of aromatic nitrogens is 2. The SMILES string of the molecule is [2H]C([2H])([2H])c1c[c-]c(-c2cc(CC(C)(C)C)[c]([Ge]([CH3])([CH3])[CH3])cn2)c(F)c1.[2H]C([2H])([2H])c1cnc(-c2[c-]cc3oc4ccccc4c3c2)cc1C([2H])([2H])c1ccccc1.[Ir]. The first kappa shape index (κ1) is 28.7. The fourth-order valence-electron chi connectivity index (χ4n) is 5.89. The summed E-state index contributed by atoms with van der Waals surface area (Å²) in [5.41, 5.74) is 4.87. The van der Waals surface area contributed by atoms with E-state index in [-0.39, 0.29) is 47.8 Å². The van der Waals surface area contributed by atoms with E-state index in [2.05, 4.69) is 60.1 Å². The van der Waals surface area contributed by atoms with Crippen molar-refractivity contribution in [1.82, 2.24) is 9.97 Å². The van der Waals surface area contributed by atoms with E-state index in [1.807, 2.05) is 42.6 Å². The van der Waals surface area contributed by atoms with Crippen molar-refractivity contribution in [2.45, 2.75) is 64.5 Å². The molecule has 0 aliphatic rings. The molecule has 0 unspecified atom stereocenters. The molecule has 0 aliphatic carbocycles. The summed E-state index contributed by atoms with van der Waals surface area (Å²) in [5, 5.41) is 1.85. The maximum Gasteiger partial charge on any atom is 0.120 e. The van der Waals surface area contributed by atoms with Crippen LogP contribution in [-0.4, -0.2) is 23.2 Å². The van der Waals surface area contributed by atoms with E-state index in [0.29, 0.717) is 28.1 Å². The predicted molar refractivity (Wildman–Crippen MR) is 209 cm³/mol. The third kappa shape index (κ3) is 9.32. The van der Waals surface area contributed by atoms with Crippen LogP contribution in [0.4, 0.5) is 4.39 Å². The van der Waals surface area contributed by atoms with Gasteiger partial charge in [0.2, 0.25) is 0 Å². The number of halogens is 1. The number of fused-ring (bicyclic) bond motifs is 3. The summed E-state index contributed by atoms with van der Waals surface area (Å²) in [6, 6.07) is 31.7. The minimum absolute atomic E-state index is 0. The van der Waals surface area contributed by atoms with Gasteiger partial charge in [-0.05, 0) is 41.7 Å². The number of furan rings is 1. The summed E-state index contributed by atoms with van der Waals surface area (Å²) in [4.78, 5) is 8.86. The molecular formula is C45H45FGeIrN2O-2. The van der Waals surface area contributed by atoms with Crippen LogP contribution in [0.25, 0.3) is 44.5 Å². The molecule has 0 atom stereocenters. The van der Waals surface area contributed by atoms with Gasteiger partial charge in [0.15, 0.2) is 0 Å². The van der Waals surface area contributed by atoms with Crippen LogP contribution in [-0.2, 0) is 32.9 Å². The third-order valence-corrected chi connectivity index (χ3v) is 12.5. The van der Waals surface area contributed by atoms with Crippen LogP contribution < -0.4 is 4.40 Å². The average molecular weight is 922 g/mol. The average Bonchev–Trinajstić information content (AvgIpc) is 3.51. The smallest absolute Gasteiger partial charge is 0.120 e. The van der Waals surface area contributed by atoms with Crippen LogP contribution in [0.5, 0.6) is 0 Å². The number of hydrogen-bond acceptors (Lipinski definition) is 3. The van der Waals surface area contributed by atoms with Crippen LogP contribution in [0.3, 0.4) is 0 Å². The Morgan fingerprint density at radius 2 is 1.53 bits per heavy atom. The summed E-state index contributed by atoms with van der Waals surface area (Å²) in [7, 11) is 0. The Bertz CT molecular complexity index is 2600. The van der Waals surface area contributed by atoms with Gasteiger partial charge in [-0.15, -0.1) is 23.8 Å². The molecule has 0 amide bonds. The minimum atomic E-state index is -2.50. The number of pyridine rings is 2. The molecule has 51 heavy (non-hydrogen) atoms. The van der Waals surface area contributed by atoms with Gasteiger partial charge in [-0.2, -0.15) is 0 Å². The van der Waals surface area contributed by atoms with Gasteiger partial charge in [0.05, 0.1) is 5.58 Å². The summed E-state index contributed by atoms with van der Waals surface area (Å²) in [6.07, 6.45) is 2.01. The Morgan fingerprint density at radius 3 is 2.24 bits per heavy atom. The van der Waals surface area contributed by atoms with Crippen molar-refractivity contribution in [3.05, 3.63) is 149 Å². The van der Waals surface area contributed by atoms with Crippen LogP contribution in [0.15, 0.2) is 108 Å². The molecule has 7 aromatic rings. The zero-order valence-electron chi connectivity index (χ0n) is 37.5. The van der Waals surface area contributed by atoms with E-state index in [1.165, 1.54) is 28.3 Å². The number of rotatable bonds is 6. The van der Waals surface area contributed by atoms with Crippen molar-refractivity contribution < 1.29 is 39.9 Å². The summed E-state index contributed by atoms with van der Waals surface area (Å²) in [6.45, 7) is 1.71. The first-order chi connectivity index (χ1) is 26.9. The molecule has 3 nitrogen and oxygen atoms in total. The quantitative estimate of drug-likeness (QED) is 0.123. The van der Waals surface area contributed by atoms with Gasteiger partial charge in [0.25, 0.3) is 0 Å². The molecular weight excluding hydrogens is 868 g/mol. The second-order valence-electron chi connectivity index (χ2n) is 14.7. The molecule has 0 fully saturated rings. The molecule has 0 aliphatic heterocycles. The molecule has 4 aromatic carbocycles. The van der Waals surface area contributed by atoms with Gasteiger partial charge >= 0.3 is 147 Å². The van der Waals surface area contributed by atoms with E-state index in [0.717, 1.165) is 28.8 Å². The Morgan fingerprint density at radius 1 is 0.804 bits per heavy atom. The van der Waals surface area contributed by atoms with Crippen LogP contribution in [0.1, 0.15) is 59.6 Å². The largest absolute Gasteiger partial charge is 0.500 e. The zero-order valence-corrected chi connectivity index (χ0v) is 34.0. The van der Waals surface area contributed by atoms with E-state index in [4.69, 9.17) is 15.4 Å². The molecule has 0 N–H and O–H groups in total. The summed E-state index contributed by atoms with van der Waals surface area (Å²) >= 11 is -2.12. The third-order valence-electron chi connectivity index (χ3n) is 8.21. The van der Waals surface area contributed by atoms with Crippen molar-refractivity contribution in [2.75, 3.05) is 0 Å². The number of nitrogens with zero attached hydrogens (tertiary/aromatic N) is 2. The molecule has 3 aromatic heterocycles. The molecule has 0 saturated heterocycles. The van der Waals surface area contributed by atoms with Gasteiger partial charge in [0.1, 0.15) is 5.58 Å². The van der Waals surface area contributed by atoms with Gasteiger partial charge in [-0.3, -0.25) is 0 Å². The Hall–Kier alpha value is -3.90. The van der Waals surface area contributed by atoms with Crippen molar-refractivity contribution >= 4 is 39.6 Å². The number of hydrogen-bond donors (Lipinski definition) is 0. The molecule has 1 radical (unpaired) electrons.